The van der Waals surface area contributed by atoms with Crippen molar-refractivity contribution in [2.45, 2.75) is 57.5 Å². The number of nitrogens with zero attached hydrogens (tertiary/aromatic N) is 2. The smallest absolute Gasteiger partial charge is 0.270 e. The van der Waals surface area contributed by atoms with Crippen molar-refractivity contribution >= 4 is 11.8 Å². The summed E-state index contributed by atoms with van der Waals surface area (Å²) in [6.07, 6.45) is 6.19. The molecule has 1 aromatic heterocycles. The quantitative estimate of drug-likeness (QED) is 0.851. The van der Waals surface area contributed by atoms with Crippen LogP contribution in [-0.4, -0.2) is 45.3 Å². The Bertz CT molecular complexity index is 741. The van der Waals surface area contributed by atoms with Gasteiger partial charge in [-0.25, -0.2) is 4.98 Å². The summed E-state index contributed by atoms with van der Waals surface area (Å²) in [6.45, 7) is 2.23. The first kappa shape index (κ1) is 16.3. The summed E-state index contributed by atoms with van der Waals surface area (Å²) in [4.78, 5) is 44.9. The third-order valence-electron chi connectivity index (χ3n) is 5.66. The molecule has 3 fully saturated rings. The molecule has 0 radical (unpaired) electrons. The Balaban J connectivity index is 1.34. The highest BCUT2D eigenvalue weighted by Gasteiger charge is 2.46. The van der Waals surface area contributed by atoms with E-state index in [1.54, 1.807) is 6.92 Å². The predicted octanol–water partition coefficient (Wildman–Crippen LogP) is 0.988. The molecular formula is C18H24N4O3. The maximum absolute atomic E-state index is 12.5. The molecule has 7 nitrogen and oxygen atoms in total. The van der Waals surface area contributed by atoms with Gasteiger partial charge in [0.1, 0.15) is 11.5 Å². The number of hydrogen-bond acceptors (Lipinski definition) is 4. The first-order valence-electron chi connectivity index (χ1n) is 9.19. The topological polar surface area (TPSA) is 95.2 Å². The van der Waals surface area contributed by atoms with E-state index in [4.69, 9.17) is 0 Å². The lowest BCUT2D eigenvalue weighted by Gasteiger charge is -2.39. The summed E-state index contributed by atoms with van der Waals surface area (Å²) in [7, 11) is 0. The second-order valence-electron chi connectivity index (χ2n) is 7.67. The Kier molecular flexibility index (Phi) is 4.09. The highest BCUT2D eigenvalue weighted by atomic mass is 16.2. The molecule has 1 saturated carbocycles. The van der Waals surface area contributed by atoms with Crippen LogP contribution in [0.2, 0.25) is 0 Å². The standard InChI is InChI=1S/C18H24N4O3/c1-10-20-15(8-16(23)21-10)17(24)19-9-11-6-13-4-5-14(7-11)22(13)18(25)12-2-3-12/h8,11-14H,2-7,9H2,1H3,(H,19,24)(H,20,21,23)/t11?,13-,14+. The Hall–Kier alpha value is -2.18. The number of fused-ring (bicyclic) bond motifs is 2. The fourth-order valence-electron chi connectivity index (χ4n) is 4.38. The number of rotatable bonds is 4. The Labute approximate surface area is 146 Å². The summed E-state index contributed by atoms with van der Waals surface area (Å²) in [6, 6.07) is 1.91. The lowest BCUT2D eigenvalue weighted by Crippen LogP contribution is -2.49. The van der Waals surface area contributed by atoms with Gasteiger partial charge in [-0.1, -0.05) is 0 Å². The van der Waals surface area contributed by atoms with Gasteiger partial charge in [0.15, 0.2) is 0 Å². The molecule has 134 valence electrons. The minimum absolute atomic E-state index is 0.158. The van der Waals surface area contributed by atoms with Crippen LogP contribution in [0.25, 0.3) is 0 Å². The zero-order valence-corrected chi connectivity index (χ0v) is 14.5. The lowest BCUT2D eigenvalue weighted by molar-refractivity contribution is -0.137. The average Bonchev–Trinajstić information content (AvgIpc) is 3.37. The van der Waals surface area contributed by atoms with E-state index < -0.39 is 0 Å². The van der Waals surface area contributed by atoms with Crippen molar-refractivity contribution in [3.8, 4) is 0 Å². The molecule has 3 aliphatic rings. The van der Waals surface area contributed by atoms with E-state index in [1.807, 2.05) is 0 Å². The average molecular weight is 344 g/mol. The third-order valence-corrected chi connectivity index (χ3v) is 5.66. The van der Waals surface area contributed by atoms with Crippen molar-refractivity contribution in [3.05, 3.63) is 27.9 Å². The molecule has 3 atom stereocenters. The Morgan fingerprint density at radius 3 is 2.52 bits per heavy atom. The molecule has 2 aliphatic heterocycles. The molecule has 0 spiro atoms. The minimum Gasteiger partial charge on any atom is -0.350 e. The second-order valence-corrected chi connectivity index (χ2v) is 7.67. The molecule has 2 saturated heterocycles. The highest BCUT2D eigenvalue weighted by molar-refractivity contribution is 5.92. The molecule has 1 aromatic rings. The van der Waals surface area contributed by atoms with Gasteiger partial charge in [-0.05, 0) is 51.4 Å². The molecule has 0 aromatic carbocycles. The summed E-state index contributed by atoms with van der Waals surface area (Å²) >= 11 is 0. The summed E-state index contributed by atoms with van der Waals surface area (Å²) in [5.74, 6) is 1.15. The number of aromatic amines is 1. The number of H-pyrrole nitrogens is 1. The van der Waals surface area contributed by atoms with Crippen LogP contribution >= 0.6 is 0 Å². The van der Waals surface area contributed by atoms with Crippen LogP contribution in [0.1, 0.15) is 54.8 Å². The second kappa shape index (κ2) is 6.28. The van der Waals surface area contributed by atoms with Crippen molar-refractivity contribution in [1.29, 1.82) is 0 Å². The largest absolute Gasteiger partial charge is 0.350 e. The number of aromatic nitrogens is 2. The summed E-state index contributed by atoms with van der Waals surface area (Å²) < 4.78 is 0. The van der Waals surface area contributed by atoms with E-state index in [1.165, 1.54) is 6.07 Å². The highest BCUT2D eigenvalue weighted by Crippen LogP contribution is 2.42. The number of nitrogens with one attached hydrogen (secondary N) is 2. The van der Waals surface area contributed by atoms with Gasteiger partial charge in [-0.15, -0.1) is 0 Å². The van der Waals surface area contributed by atoms with Crippen LogP contribution in [0, 0.1) is 18.8 Å². The molecule has 1 unspecified atom stereocenters. The van der Waals surface area contributed by atoms with E-state index in [9.17, 15) is 14.4 Å². The normalized spacial score (nSPS) is 28.0. The van der Waals surface area contributed by atoms with E-state index >= 15 is 0 Å². The monoisotopic (exact) mass is 344 g/mol. The van der Waals surface area contributed by atoms with E-state index in [0.717, 1.165) is 38.5 Å². The number of aryl methyl sites for hydroxylation is 1. The number of carbonyl (C=O) groups is 2. The first-order chi connectivity index (χ1) is 12.0. The lowest BCUT2D eigenvalue weighted by atomic mass is 9.90. The molecule has 2 bridgehead atoms. The molecule has 25 heavy (non-hydrogen) atoms. The molecule has 3 heterocycles. The van der Waals surface area contributed by atoms with Crippen molar-refractivity contribution in [1.82, 2.24) is 20.2 Å². The molecular weight excluding hydrogens is 320 g/mol. The van der Waals surface area contributed by atoms with Crippen molar-refractivity contribution in [3.63, 3.8) is 0 Å². The van der Waals surface area contributed by atoms with Gasteiger partial charge in [0, 0.05) is 30.6 Å². The first-order valence-corrected chi connectivity index (χ1v) is 9.19. The zero-order chi connectivity index (χ0) is 17.6. The van der Waals surface area contributed by atoms with E-state index in [0.29, 0.717) is 36.3 Å². The SMILES string of the molecule is Cc1nc(C(=O)NCC2C[C@H]3CC[C@@H](C2)N3C(=O)C2CC2)cc(=O)[nH]1. The van der Waals surface area contributed by atoms with Crippen LogP contribution in [0.3, 0.4) is 0 Å². The molecule has 2 N–H and O–H groups in total. The number of piperidine rings is 1. The van der Waals surface area contributed by atoms with Gasteiger partial charge >= 0.3 is 0 Å². The fourth-order valence-corrected chi connectivity index (χ4v) is 4.38. The molecule has 2 amide bonds. The number of amides is 2. The van der Waals surface area contributed by atoms with Gasteiger partial charge in [-0.2, -0.15) is 0 Å². The molecule has 7 heteroatoms. The number of carbonyl (C=O) groups excluding carboxylic acids is 2. The van der Waals surface area contributed by atoms with Gasteiger partial charge in [0.2, 0.25) is 5.91 Å². The van der Waals surface area contributed by atoms with Crippen molar-refractivity contribution < 1.29 is 9.59 Å². The Morgan fingerprint density at radius 2 is 1.92 bits per heavy atom. The summed E-state index contributed by atoms with van der Waals surface area (Å²) in [5, 5.41) is 2.91. The minimum atomic E-state index is -0.317. The predicted molar refractivity (Wildman–Crippen MR) is 91.0 cm³/mol. The van der Waals surface area contributed by atoms with Crippen LogP contribution in [-0.2, 0) is 4.79 Å². The van der Waals surface area contributed by atoms with Gasteiger partial charge in [-0.3, -0.25) is 14.4 Å². The van der Waals surface area contributed by atoms with Gasteiger partial charge < -0.3 is 15.2 Å². The van der Waals surface area contributed by atoms with Gasteiger partial charge in [0.05, 0.1) is 0 Å². The van der Waals surface area contributed by atoms with Crippen molar-refractivity contribution in [2.24, 2.45) is 11.8 Å². The van der Waals surface area contributed by atoms with Crippen molar-refractivity contribution in [2.75, 3.05) is 6.54 Å². The Morgan fingerprint density at radius 1 is 1.24 bits per heavy atom. The van der Waals surface area contributed by atoms with E-state index in [-0.39, 0.29) is 23.1 Å². The molecule has 4 rings (SSSR count). The maximum atomic E-state index is 12.5. The zero-order valence-electron chi connectivity index (χ0n) is 14.5. The maximum Gasteiger partial charge on any atom is 0.270 e. The third kappa shape index (κ3) is 3.32. The van der Waals surface area contributed by atoms with Crippen LogP contribution in [0.15, 0.2) is 10.9 Å². The van der Waals surface area contributed by atoms with Crippen LogP contribution in [0.4, 0.5) is 0 Å². The fraction of sp³-hybridized carbons (Fsp3) is 0.667. The molecule has 1 aliphatic carbocycles. The van der Waals surface area contributed by atoms with Crippen LogP contribution in [0.5, 0.6) is 0 Å². The van der Waals surface area contributed by atoms with E-state index in [2.05, 4.69) is 20.2 Å². The van der Waals surface area contributed by atoms with Gasteiger partial charge in [0.25, 0.3) is 11.5 Å². The van der Waals surface area contributed by atoms with Crippen LogP contribution < -0.4 is 10.9 Å². The summed E-state index contributed by atoms with van der Waals surface area (Å²) in [5.41, 5.74) is -0.159. The number of hydrogen-bond donors (Lipinski definition) is 2.